The number of hydrogen-bond acceptors (Lipinski definition) is 0. The first-order chi connectivity index (χ1) is 10.9. The third-order valence-electron chi connectivity index (χ3n) is 3.10. The molecule has 0 aliphatic heterocycles. The summed E-state index contributed by atoms with van der Waals surface area (Å²) in [6.45, 7) is 8.00. The Morgan fingerprint density at radius 3 is 0.818 bits per heavy atom. The summed E-state index contributed by atoms with van der Waals surface area (Å²) in [5, 5.41) is 0. The lowest BCUT2D eigenvalue weighted by Crippen LogP contribution is -1.79. The highest BCUT2D eigenvalue weighted by molar-refractivity contribution is 5.70. The van der Waals surface area contributed by atoms with Crippen molar-refractivity contribution in [1.82, 2.24) is 0 Å². The van der Waals surface area contributed by atoms with E-state index in [1.165, 1.54) is 22.3 Å². The van der Waals surface area contributed by atoms with E-state index in [0.29, 0.717) is 0 Å². The van der Waals surface area contributed by atoms with E-state index in [1.54, 1.807) is 0 Å². The molecule has 0 heteroatoms. The highest BCUT2D eigenvalue weighted by atomic mass is 14.0. The molecule has 3 aromatic carbocycles. The van der Waals surface area contributed by atoms with E-state index in [9.17, 15) is 0 Å². The molecule has 0 saturated heterocycles. The van der Waals surface area contributed by atoms with Crippen molar-refractivity contribution in [2.45, 2.75) is 27.7 Å². The van der Waals surface area contributed by atoms with E-state index in [1.807, 2.05) is 39.8 Å². The zero-order valence-electron chi connectivity index (χ0n) is 14.1. The summed E-state index contributed by atoms with van der Waals surface area (Å²) < 4.78 is 0. The molecule has 3 rings (SSSR count). The Bertz CT molecular complexity index is 549. The van der Waals surface area contributed by atoms with E-state index in [2.05, 4.69) is 72.8 Å². The third kappa shape index (κ3) is 4.89. The Kier molecular flexibility index (Phi) is 8.37. The molecule has 0 amide bonds. The zero-order chi connectivity index (χ0) is 16.2. The fraction of sp³-hybridized carbons (Fsp3) is 0.182. The summed E-state index contributed by atoms with van der Waals surface area (Å²) in [4.78, 5) is 0. The van der Waals surface area contributed by atoms with Crippen LogP contribution < -0.4 is 0 Å². The van der Waals surface area contributed by atoms with Crippen LogP contribution in [-0.4, -0.2) is 0 Å². The van der Waals surface area contributed by atoms with Gasteiger partial charge in [0.05, 0.1) is 0 Å². The number of hydrogen-bond donors (Lipinski definition) is 0. The quantitative estimate of drug-likeness (QED) is 0.473. The molecule has 0 atom stereocenters. The highest BCUT2D eigenvalue weighted by Gasteiger charge is 1.98. The molecular weight excluding hydrogens is 264 g/mol. The van der Waals surface area contributed by atoms with Gasteiger partial charge < -0.3 is 0 Å². The number of benzene rings is 3. The van der Waals surface area contributed by atoms with E-state index in [-0.39, 0.29) is 0 Å². The van der Waals surface area contributed by atoms with E-state index in [4.69, 9.17) is 0 Å². The van der Waals surface area contributed by atoms with E-state index < -0.39 is 0 Å². The minimum Gasteiger partial charge on any atom is -0.0683 e. The molecule has 0 aromatic heterocycles. The molecule has 0 bridgehead atoms. The van der Waals surface area contributed by atoms with Crippen LogP contribution in [0.2, 0.25) is 0 Å². The molecule has 3 aromatic rings. The van der Waals surface area contributed by atoms with Crippen LogP contribution in [0.4, 0.5) is 0 Å². The molecule has 0 spiro atoms. The van der Waals surface area contributed by atoms with Crippen LogP contribution in [-0.2, 0) is 0 Å². The van der Waals surface area contributed by atoms with Gasteiger partial charge in [-0.3, -0.25) is 0 Å². The zero-order valence-corrected chi connectivity index (χ0v) is 14.1. The highest BCUT2D eigenvalue weighted by Crippen LogP contribution is 2.24. The van der Waals surface area contributed by atoms with Crippen molar-refractivity contribution >= 4 is 0 Å². The SMILES string of the molecule is CC.CC.c1ccc(-c2ccc(-c3ccccc3)cc2)cc1. The predicted molar refractivity (Wildman–Crippen MR) is 100 cm³/mol. The van der Waals surface area contributed by atoms with Crippen molar-refractivity contribution in [3.63, 3.8) is 0 Å². The van der Waals surface area contributed by atoms with Crippen molar-refractivity contribution < 1.29 is 0 Å². The van der Waals surface area contributed by atoms with Crippen LogP contribution in [0, 0.1) is 0 Å². The summed E-state index contributed by atoms with van der Waals surface area (Å²) in [5.41, 5.74) is 5.04. The van der Waals surface area contributed by atoms with Gasteiger partial charge >= 0.3 is 0 Å². The van der Waals surface area contributed by atoms with Crippen molar-refractivity contribution in [3.8, 4) is 22.3 Å². The standard InChI is InChI=1S/C18H14.2C2H6/c1-3-7-15(8-4-1)17-11-13-18(14-12-17)16-9-5-2-6-10-16;2*1-2/h1-14H;2*1-2H3. The van der Waals surface area contributed by atoms with Gasteiger partial charge in [0.1, 0.15) is 0 Å². The molecule has 0 aliphatic carbocycles. The molecule has 0 nitrogen and oxygen atoms in total. The van der Waals surface area contributed by atoms with Gasteiger partial charge in [-0.1, -0.05) is 113 Å². The minimum absolute atomic E-state index is 1.26. The lowest BCUT2D eigenvalue weighted by molar-refractivity contribution is 1.50. The molecule has 22 heavy (non-hydrogen) atoms. The van der Waals surface area contributed by atoms with Gasteiger partial charge in [-0.05, 0) is 22.3 Å². The van der Waals surface area contributed by atoms with E-state index in [0.717, 1.165) is 0 Å². The van der Waals surface area contributed by atoms with Crippen molar-refractivity contribution in [3.05, 3.63) is 84.9 Å². The smallest absolute Gasteiger partial charge is 0.0184 e. The molecule has 0 heterocycles. The second-order valence-corrected chi connectivity index (χ2v) is 4.31. The Hall–Kier alpha value is -2.34. The normalized spacial score (nSPS) is 8.91. The molecule has 0 saturated carbocycles. The minimum atomic E-state index is 1.26. The Morgan fingerprint density at radius 2 is 0.545 bits per heavy atom. The summed E-state index contributed by atoms with van der Waals surface area (Å²) in [6, 6.07) is 29.6. The molecule has 0 aliphatic rings. The second-order valence-electron chi connectivity index (χ2n) is 4.31. The van der Waals surface area contributed by atoms with Gasteiger partial charge in [0.15, 0.2) is 0 Å². The molecular formula is C22H26. The average Bonchev–Trinajstić information content (AvgIpc) is 2.67. The van der Waals surface area contributed by atoms with Crippen LogP contribution in [0.5, 0.6) is 0 Å². The lowest BCUT2D eigenvalue weighted by atomic mass is 10.0. The van der Waals surface area contributed by atoms with Gasteiger partial charge in [0.2, 0.25) is 0 Å². The van der Waals surface area contributed by atoms with Crippen LogP contribution in [0.1, 0.15) is 27.7 Å². The maximum atomic E-state index is 2.18. The molecule has 114 valence electrons. The third-order valence-corrected chi connectivity index (χ3v) is 3.10. The summed E-state index contributed by atoms with van der Waals surface area (Å²) >= 11 is 0. The maximum absolute atomic E-state index is 2.18. The largest absolute Gasteiger partial charge is 0.0683 e. The molecule has 0 fully saturated rings. The average molecular weight is 290 g/mol. The topological polar surface area (TPSA) is 0 Å². The Labute approximate surface area is 135 Å². The Morgan fingerprint density at radius 1 is 0.318 bits per heavy atom. The van der Waals surface area contributed by atoms with Crippen molar-refractivity contribution in [2.24, 2.45) is 0 Å². The van der Waals surface area contributed by atoms with Crippen LogP contribution in [0.15, 0.2) is 84.9 Å². The van der Waals surface area contributed by atoms with Crippen molar-refractivity contribution in [1.29, 1.82) is 0 Å². The Balaban J connectivity index is 0.000000561. The van der Waals surface area contributed by atoms with Crippen molar-refractivity contribution in [2.75, 3.05) is 0 Å². The van der Waals surface area contributed by atoms with Gasteiger partial charge in [-0.15, -0.1) is 0 Å². The predicted octanol–water partition coefficient (Wildman–Crippen LogP) is 7.07. The van der Waals surface area contributed by atoms with Gasteiger partial charge in [-0.25, -0.2) is 0 Å². The number of rotatable bonds is 2. The summed E-state index contributed by atoms with van der Waals surface area (Å²) in [7, 11) is 0. The molecule has 0 radical (unpaired) electrons. The van der Waals surface area contributed by atoms with Gasteiger partial charge in [0, 0.05) is 0 Å². The first kappa shape index (κ1) is 17.7. The van der Waals surface area contributed by atoms with Crippen LogP contribution >= 0.6 is 0 Å². The maximum Gasteiger partial charge on any atom is -0.0184 e. The van der Waals surface area contributed by atoms with Crippen LogP contribution in [0.25, 0.3) is 22.3 Å². The summed E-state index contributed by atoms with van der Waals surface area (Å²) in [6.07, 6.45) is 0. The monoisotopic (exact) mass is 290 g/mol. The fourth-order valence-electron chi connectivity index (χ4n) is 2.12. The van der Waals surface area contributed by atoms with E-state index >= 15 is 0 Å². The van der Waals surface area contributed by atoms with Gasteiger partial charge in [0.25, 0.3) is 0 Å². The molecule has 0 unspecified atom stereocenters. The van der Waals surface area contributed by atoms with Crippen LogP contribution in [0.3, 0.4) is 0 Å². The first-order valence-corrected chi connectivity index (χ1v) is 8.14. The van der Waals surface area contributed by atoms with Gasteiger partial charge in [-0.2, -0.15) is 0 Å². The second kappa shape index (κ2) is 10.4. The fourth-order valence-corrected chi connectivity index (χ4v) is 2.12. The first-order valence-electron chi connectivity index (χ1n) is 8.14. The lowest BCUT2D eigenvalue weighted by Gasteiger charge is -2.04. The summed E-state index contributed by atoms with van der Waals surface area (Å²) in [5.74, 6) is 0. The molecule has 0 N–H and O–H groups in total.